The zero-order valence-corrected chi connectivity index (χ0v) is 12.9. The number of aliphatic carboxylic acids is 1. The highest BCUT2D eigenvalue weighted by molar-refractivity contribution is 7.13. The minimum atomic E-state index is -0.898. The molecule has 116 valence electrons. The average Bonchev–Trinajstić information content (AvgIpc) is 3.03. The Kier molecular flexibility index (Phi) is 3.74. The van der Waals surface area contributed by atoms with Crippen LogP contribution in [0.4, 0.5) is 0 Å². The number of aryl methyl sites for hydroxylation is 1. The van der Waals surface area contributed by atoms with Gasteiger partial charge in [-0.15, -0.1) is 11.3 Å². The van der Waals surface area contributed by atoms with Crippen molar-refractivity contribution in [3.63, 3.8) is 0 Å². The second-order valence-corrected chi connectivity index (χ2v) is 6.46. The van der Waals surface area contributed by atoms with Gasteiger partial charge in [-0.05, 0) is 38.3 Å². The molecule has 0 saturated heterocycles. The van der Waals surface area contributed by atoms with Gasteiger partial charge in [0.25, 0.3) is 5.91 Å². The van der Waals surface area contributed by atoms with Gasteiger partial charge in [-0.1, -0.05) is 0 Å². The first-order valence-electron chi connectivity index (χ1n) is 7.04. The Labute approximate surface area is 131 Å². The second-order valence-electron chi connectivity index (χ2n) is 5.61. The lowest BCUT2D eigenvalue weighted by molar-refractivity contribution is -0.139. The molecule has 1 saturated carbocycles. The van der Waals surface area contributed by atoms with Crippen LogP contribution in [-0.4, -0.2) is 27.5 Å². The normalized spacial score (nSPS) is 16.0. The molecule has 1 amide bonds. The molecule has 2 aromatic heterocycles. The number of aromatic nitrogens is 1. The maximum atomic E-state index is 12.3. The van der Waals surface area contributed by atoms with Gasteiger partial charge in [-0.2, -0.15) is 0 Å². The van der Waals surface area contributed by atoms with Gasteiger partial charge in [0.2, 0.25) is 0 Å². The number of carbonyl (C=O) groups excluding carboxylic acids is 1. The molecule has 7 heteroatoms. The number of carboxylic acids is 1. The van der Waals surface area contributed by atoms with Crippen LogP contribution in [0.5, 0.6) is 0 Å². The van der Waals surface area contributed by atoms with Crippen molar-refractivity contribution in [2.75, 3.05) is 0 Å². The number of carbonyl (C=O) groups is 2. The maximum Gasteiger partial charge on any atom is 0.305 e. The zero-order valence-electron chi connectivity index (χ0n) is 12.1. The molecule has 0 bridgehead atoms. The number of rotatable bonds is 5. The third-order valence-corrected chi connectivity index (χ3v) is 4.72. The van der Waals surface area contributed by atoms with E-state index >= 15 is 0 Å². The quantitative estimate of drug-likeness (QED) is 0.883. The van der Waals surface area contributed by atoms with Gasteiger partial charge in [0.15, 0.2) is 10.8 Å². The zero-order chi connectivity index (χ0) is 15.7. The van der Waals surface area contributed by atoms with Crippen LogP contribution in [0.2, 0.25) is 0 Å². The largest absolute Gasteiger partial charge is 0.481 e. The fourth-order valence-corrected chi connectivity index (χ4v) is 3.34. The van der Waals surface area contributed by atoms with E-state index in [2.05, 4.69) is 10.3 Å². The van der Waals surface area contributed by atoms with Crippen molar-refractivity contribution in [2.24, 2.45) is 0 Å². The van der Waals surface area contributed by atoms with E-state index < -0.39 is 11.5 Å². The lowest BCUT2D eigenvalue weighted by Gasteiger charge is -2.41. The standard InChI is InChI=1S/C15H16N2O4S/c1-9-3-4-11(21-9)14-16-10(8-22-14)13(20)17-15(5-2-6-15)7-12(18)19/h3-4,8H,2,5-7H2,1H3,(H,17,20)(H,18,19). The summed E-state index contributed by atoms with van der Waals surface area (Å²) < 4.78 is 5.49. The molecular weight excluding hydrogens is 304 g/mol. The molecule has 22 heavy (non-hydrogen) atoms. The Balaban J connectivity index is 1.73. The van der Waals surface area contributed by atoms with Crippen molar-refractivity contribution in [3.8, 4) is 10.8 Å². The highest BCUT2D eigenvalue weighted by Gasteiger charge is 2.40. The SMILES string of the molecule is Cc1ccc(-c2nc(C(=O)NC3(CC(=O)O)CCC3)cs2)o1. The summed E-state index contributed by atoms with van der Waals surface area (Å²) in [5, 5.41) is 14.1. The molecule has 2 N–H and O–H groups in total. The van der Waals surface area contributed by atoms with Crippen molar-refractivity contribution < 1.29 is 19.1 Å². The van der Waals surface area contributed by atoms with Gasteiger partial charge in [-0.3, -0.25) is 9.59 Å². The smallest absolute Gasteiger partial charge is 0.305 e. The van der Waals surface area contributed by atoms with Gasteiger partial charge in [0.05, 0.1) is 12.0 Å². The molecule has 0 aliphatic heterocycles. The highest BCUT2D eigenvalue weighted by atomic mass is 32.1. The lowest BCUT2D eigenvalue weighted by atomic mass is 9.74. The van der Waals surface area contributed by atoms with Gasteiger partial charge < -0.3 is 14.8 Å². The van der Waals surface area contributed by atoms with Crippen LogP contribution < -0.4 is 5.32 Å². The van der Waals surface area contributed by atoms with E-state index in [1.807, 2.05) is 19.1 Å². The Morgan fingerprint density at radius 1 is 1.45 bits per heavy atom. The molecule has 1 fully saturated rings. The van der Waals surface area contributed by atoms with Crippen LogP contribution in [0.25, 0.3) is 10.8 Å². The number of carboxylic acid groups (broad SMARTS) is 1. The molecular formula is C15H16N2O4S. The molecule has 2 aromatic rings. The van der Waals surface area contributed by atoms with Gasteiger partial charge in [0, 0.05) is 5.38 Å². The summed E-state index contributed by atoms with van der Waals surface area (Å²) in [7, 11) is 0. The molecule has 3 rings (SSSR count). The third-order valence-electron chi connectivity index (χ3n) is 3.87. The molecule has 1 aliphatic carbocycles. The fraction of sp³-hybridized carbons (Fsp3) is 0.400. The van der Waals surface area contributed by atoms with Crippen molar-refractivity contribution in [2.45, 2.75) is 38.1 Å². The van der Waals surface area contributed by atoms with E-state index in [1.165, 1.54) is 11.3 Å². The molecule has 2 heterocycles. The van der Waals surface area contributed by atoms with Crippen LogP contribution in [-0.2, 0) is 4.79 Å². The fourth-order valence-electron chi connectivity index (χ4n) is 2.58. The van der Waals surface area contributed by atoms with Crippen LogP contribution in [0.1, 0.15) is 41.9 Å². The van der Waals surface area contributed by atoms with Crippen LogP contribution >= 0.6 is 11.3 Å². The first-order valence-corrected chi connectivity index (χ1v) is 7.92. The predicted molar refractivity (Wildman–Crippen MR) is 80.9 cm³/mol. The van der Waals surface area contributed by atoms with E-state index in [9.17, 15) is 9.59 Å². The lowest BCUT2D eigenvalue weighted by Crippen LogP contribution is -2.54. The number of amides is 1. The van der Waals surface area contributed by atoms with E-state index in [0.29, 0.717) is 29.3 Å². The average molecular weight is 320 g/mol. The van der Waals surface area contributed by atoms with Gasteiger partial charge in [-0.25, -0.2) is 4.98 Å². The van der Waals surface area contributed by atoms with E-state index in [1.54, 1.807) is 5.38 Å². The monoisotopic (exact) mass is 320 g/mol. The van der Waals surface area contributed by atoms with E-state index in [4.69, 9.17) is 9.52 Å². The Morgan fingerprint density at radius 2 is 2.23 bits per heavy atom. The Morgan fingerprint density at radius 3 is 2.77 bits per heavy atom. The van der Waals surface area contributed by atoms with E-state index in [0.717, 1.165) is 12.2 Å². The van der Waals surface area contributed by atoms with Gasteiger partial charge in [0.1, 0.15) is 11.5 Å². The number of thiazole rings is 1. The Bertz CT molecular complexity index is 715. The summed E-state index contributed by atoms with van der Waals surface area (Å²) >= 11 is 1.33. The number of furan rings is 1. The number of hydrogen-bond donors (Lipinski definition) is 2. The summed E-state index contributed by atoms with van der Waals surface area (Å²) in [5.41, 5.74) is -0.320. The number of nitrogens with zero attached hydrogens (tertiary/aromatic N) is 1. The second kappa shape index (κ2) is 5.57. The van der Waals surface area contributed by atoms with Crippen molar-refractivity contribution in [3.05, 3.63) is 29.0 Å². The Hall–Kier alpha value is -2.15. The maximum absolute atomic E-state index is 12.3. The van der Waals surface area contributed by atoms with Crippen molar-refractivity contribution >= 4 is 23.2 Å². The third kappa shape index (κ3) is 2.89. The molecule has 0 unspecified atom stereocenters. The molecule has 0 radical (unpaired) electrons. The van der Waals surface area contributed by atoms with Gasteiger partial charge >= 0.3 is 5.97 Å². The first-order chi connectivity index (χ1) is 10.5. The summed E-state index contributed by atoms with van der Waals surface area (Å²) in [6.07, 6.45) is 2.27. The molecule has 6 nitrogen and oxygen atoms in total. The minimum Gasteiger partial charge on any atom is -0.481 e. The summed E-state index contributed by atoms with van der Waals surface area (Å²) in [5.74, 6) is 0.188. The summed E-state index contributed by atoms with van der Waals surface area (Å²) in [4.78, 5) is 27.5. The molecule has 0 spiro atoms. The number of nitrogens with one attached hydrogen (secondary N) is 1. The van der Waals surface area contributed by atoms with Crippen LogP contribution in [0.15, 0.2) is 21.9 Å². The summed E-state index contributed by atoms with van der Waals surface area (Å²) in [6, 6.07) is 3.65. The highest BCUT2D eigenvalue weighted by Crippen LogP contribution is 2.35. The van der Waals surface area contributed by atoms with Crippen LogP contribution in [0, 0.1) is 6.92 Å². The number of hydrogen-bond acceptors (Lipinski definition) is 5. The minimum absolute atomic E-state index is 0.0485. The van der Waals surface area contributed by atoms with Crippen molar-refractivity contribution in [1.82, 2.24) is 10.3 Å². The molecule has 0 aromatic carbocycles. The molecule has 1 aliphatic rings. The van der Waals surface area contributed by atoms with E-state index in [-0.39, 0.29) is 12.3 Å². The van der Waals surface area contributed by atoms with Crippen molar-refractivity contribution in [1.29, 1.82) is 0 Å². The molecule has 0 atom stereocenters. The topological polar surface area (TPSA) is 92.4 Å². The summed E-state index contributed by atoms with van der Waals surface area (Å²) in [6.45, 7) is 1.84. The predicted octanol–water partition coefficient (Wildman–Crippen LogP) is 2.84. The van der Waals surface area contributed by atoms with Crippen LogP contribution in [0.3, 0.4) is 0 Å². The first kappa shape index (κ1) is 14.8.